The molecule has 1 aliphatic rings. The molecule has 0 N–H and O–H groups in total. The molecule has 0 aliphatic heterocycles. The normalized spacial score (nSPS) is 15.0. The van der Waals surface area contributed by atoms with Crippen molar-refractivity contribution in [1.29, 1.82) is 0 Å². The van der Waals surface area contributed by atoms with Gasteiger partial charge in [0.05, 0.1) is 0 Å². The summed E-state index contributed by atoms with van der Waals surface area (Å²) in [5.41, 5.74) is 1.43. The van der Waals surface area contributed by atoms with Crippen LogP contribution in [-0.2, 0) is 0 Å². The molecule has 0 saturated carbocycles. The van der Waals surface area contributed by atoms with E-state index in [1.807, 2.05) is 36.9 Å². The van der Waals surface area contributed by atoms with Crippen molar-refractivity contribution in [3.05, 3.63) is 84.2 Å². The van der Waals surface area contributed by atoms with Crippen molar-refractivity contribution >= 4 is 18.5 Å². The third kappa shape index (κ3) is 3.58. The van der Waals surface area contributed by atoms with E-state index in [2.05, 4.69) is 53.3 Å². The lowest BCUT2D eigenvalue weighted by Crippen LogP contribution is -2.13. The SMILES string of the molecule is CC1=CC=CC(P(c2cccnc2)c2cccnc2)=CCC1. The maximum atomic E-state index is 4.31. The number of pyridine rings is 2. The van der Waals surface area contributed by atoms with E-state index < -0.39 is 7.92 Å². The molecule has 0 fully saturated rings. The van der Waals surface area contributed by atoms with Gasteiger partial charge >= 0.3 is 0 Å². The van der Waals surface area contributed by atoms with Crippen LogP contribution in [0.3, 0.4) is 0 Å². The topological polar surface area (TPSA) is 25.8 Å². The first-order chi connectivity index (χ1) is 10.8. The standard InChI is InChI=1S/C19H19N2P/c1-16-6-2-8-17(9-3-7-16)22(18-10-4-12-20-14-18)19-11-5-13-21-15-19/h2,4-6,8-15H,3,7H2,1H3. The van der Waals surface area contributed by atoms with Gasteiger partial charge in [-0.25, -0.2) is 0 Å². The van der Waals surface area contributed by atoms with E-state index in [1.165, 1.54) is 21.5 Å². The average Bonchev–Trinajstić information content (AvgIpc) is 2.54. The molecule has 110 valence electrons. The highest BCUT2D eigenvalue weighted by Crippen LogP contribution is 2.43. The Bertz CT molecular complexity index is 663. The molecule has 22 heavy (non-hydrogen) atoms. The lowest BCUT2D eigenvalue weighted by molar-refractivity contribution is 0.974. The van der Waals surface area contributed by atoms with Gasteiger partial charge in [0.2, 0.25) is 0 Å². The van der Waals surface area contributed by atoms with Gasteiger partial charge in [-0.2, -0.15) is 0 Å². The minimum absolute atomic E-state index is 0.592. The smallest absolute Gasteiger partial charge is 0.0351 e. The van der Waals surface area contributed by atoms with E-state index in [9.17, 15) is 0 Å². The Hall–Kier alpha value is -2.05. The third-order valence-corrected chi connectivity index (χ3v) is 6.02. The summed E-state index contributed by atoms with van der Waals surface area (Å²) in [6.45, 7) is 2.19. The van der Waals surface area contributed by atoms with Gasteiger partial charge in [-0.05, 0) is 45.1 Å². The molecule has 0 radical (unpaired) electrons. The van der Waals surface area contributed by atoms with Crippen LogP contribution in [0.15, 0.2) is 84.2 Å². The highest BCUT2D eigenvalue weighted by Gasteiger charge is 2.17. The monoisotopic (exact) mass is 306 g/mol. The van der Waals surface area contributed by atoms with Gasteiger partial charge in [-0.3, -0.25) is 9.97 Å². The summed E-state index contributed by atoms with van der Waals surface area (Å²) in [5.74, 6) is 0. The molecule has 2 aromatic heterocycles. The van der Waals surface area contributed by atoms with Crippen molar-refractivity contribution in [2.24, 2.45) is 0 Å². The molecule has 0 saturated heterocycles. The molecule has 0 amide bonds. The molecule has 3 heteroatoms. The van der Waals surface area contributed by atoms with Crippen molar-refractivity contribution in [2.75, 3.05) is 0 Å². The quantitative estimate of drug-likeness (QED) is 0.798. The summed E-state index contributed by atoms with van der Waals surface area (Å²) in [5, 5.41) is 3.91. The van der Waals surface area contributed by atoms with Crippen LogP contribution in [0.25, 0.3) is 0 Å². The summed E-state index contributed by atoms with van der Waals surface area (Å²) in [6, 6.07) is 8.36. The molecule has 0 aromatic carbocycles. The van der Waals surface area contributed by atoms with Gasteiger partial charge in [0, 0.05) is 35.4 Å². The third-order valence-electron chi connectivity index (χ3n) is 3.61. The number of hydrogen-bond donors (Lipinski definition) is 0. The van der Waals surface area contributed by atoms with Crippen LogP contribution in [0.2, 0.25) is 0 Å². The van der Waals surface area contributed by atoms with E-state index in [0.717, 1.165) is 12.8 Å². The molecule has 0 atom stereocenters. The zero-order valence-corrected chi connectivity index (χ0v) is 13.6. The Labute approximate surface area is 133 Å². The Morgan fingerprint density at radius 3 is 2.27 bits per heavy atom. The van der Waals surface area contributed by atoms with Crippen LogP contribution in [0, 0.1) is 0 Å². The zero-order valence-electron chi connectivity index (χ0n) is 12.7. The van der Waals surface area contributed by atoms with Crippen molar-refractivity contribution in [3.63, 3.8) is 0 Å². The van der Waals surface area contributed by atoms with Gasteiger partial charge in [0.25, 0.3) is 0 Å². The Balaban J connectivity index is 2.04. The Morgan fingerprint density at radius 2 is 1.68 bits per heavy atom. The minimum Gasteiger partial charge on any atom is -0.264 e. The van der Waals surface area contributed by atoms with E-state index in [0.29, 0.717) is 0 Å². The van der Waals surface area contributed by atoms with Crippen LogP contribution in [0.4, 0.5) is 0 Å². The summed E-state index contributed by atoms with van der Waals surface area (Å²) in [4.78, 5) is 8.62. The summed E-state index contributed by atoms with van der Waals surface area (Å²) < 4.78 is 0. The van der Waals surface area contributed by atoms with Crippen LogP contribution in [-0.4, -0.2) is 9.97 Å². The molecular formula is C19H19N2P. The van der Waals surface area contributed by atoms with Gasteiger partial charge in [0.15, 0.2) is 0 Å². The average molecular weight is 306 g/mol. The molecule has 0 spiro atoms. The van der Waals surface area contributed by atoms with E-state index in [4.69, 9.17) is 0 Å². The van der Waals surface area contributed by atoms with E-state index >= 15 is 0 Å². The van der Waals surface area contributed by atoms with E-state index in [1.54, 1.807) is 0 Å². The maximum absolute atomic E-state index is 4.31. The van der Waals surface area contributed by atoms with Gasteiger partial charge in [-0.1, -0.05) is 42.0 Å². The van der Waals surface area contributed by atoms with Crippen molar-refractivity contribution in [2.45, 2.75) is 19.8 Å². The van der Waals surface area contributed by atoms with Crippen molar-refractivity contribution in [3.8, 4) is 0 Å². The highest BCUT2D eigenvalue weighted by molar-refractivity contribution is 7.77. The first-order valence-electron chi connectivity index (χ1n) is 7.49. The lowest BCUT2D eigenvalue weighted by Gasteiger charge is -2.20. The molecule has 1 aliphatic carbocycles. The second-order valence-corrected chi connectivity index (χ2v) is 7.52. The summed E-state index contributed by atoms with van der Waals surface area (Å²) in [6.07, 6.45) is 18.8. The minimum atomic E-state index is -0.592. The van der Waals surface area contributed by atoms with E-state index in [-0.39, 0.29) is 0 Å². The molecule has 3 rings (SSSR count). The maximum Gasteiger partial charge on any atom is 0.0351 e. The van der Waals surface area contributed by atoms with Gasteiger partial charge in [0.1, 0.15) is 0 Å². The van der Waals surface area contributed by atoms with Crippen LogP contribution >= 0.6 is 7.92 Å². The molecule has 0 unspecified atom stereocenters. The highest BCUT2D eigenvalue weighted by atomic mass is 31.1. The van der Waals surface area contributed by atoms with Crippen molar-refractivity contribution < 1.29 is 0 Å². The van der Waals surface area contributed by atoms with Gasteiger partial charge < -0.3 is 0 Å². The zero-order chi connectivity index (χ0) is 15.2. The predicted octanol–water partition coefficient (Wildman–Crippen LogP) is 4.09. The predicted molar refractivity (Wildman–Crippen MR) is 94.9 cm³/mol. The van der Waals surface area contributed by atoms with Crippen LogP contribution < -0.4 is 10.6 Å². The van der Waals surface area contributed by atoms with Crippen LogP contribution in [0.1, 0.15) is 19.8 Å². The fourth-order valence-electron chi connectivity index (χ4n) is 2.50. The number of rotatable bonds is 3. The molecule has 2 heterocycles. The number of allylic oxidation sites excluding steroid dienone is 6. The summed E-state index contributed by atoms with van der Waals surface area (Å²) in [7, 11) is -0.592. The number of nitrogens with zero attached hydrogens (tertiary/aromatic N) is 2. The first kappa shape index (κ1) is 14.9. The van der Waals surface area contributed by atoms with Crippen molar-refractivity contribution in [1.82, 2.24) is 9.97 Å². The van der Waals surface area contributed by atoms with Gasteiger partial charge in [-0.15, -0.1) is 0 Å². The van der Waals surface area contributed by atoms with Crippen LogP contribution in [0.5, 0.6) is 0 Å². The largest absolute Gasteiger partial charge is 0.264 e. The Morgan fingerprint density at radius 1 is 1.00 bits per heavy atom. The fourth-order valence-corrected chi connectivity index (χ4v) is 4.77. The summed E-state index contributed by atoms with van der Waals surface area (Å²) >= 11 is 0. The second kappa shape index (κ2) is 7.29. The molecule has 2 nitrogen and oxygen atoms in total. The Kier molecular flexibility index (Phi) is 4.92. The first-order valence-corrected chi connectivity index (χ1v) is 8.83. The molecular weight excluding hydrogens is 287 g/mol. The fraction of sp³-hybridized carbons (Fsp3) is 0.158. The number of aromatic nitrogens is 2. The molecule has 2 aromatic rings. The second-order valence-electron chi connectivity index (χ2n) is 5.30. The molecule has 0 bridgehead atoms. The number of hydrogen-bond acceptors (Lipinski definition) is 2. The lowest BCUT2D eigenvalue weighted by atomic mass is 10.1.